The highest BCUT2D eigenvalue weighted by atomic mass is 19.1. The zero-order valence-corrected chi connectivity index (χ0v) is 10.0. The molecule has 1 aromatic carbocycles. The minimum Gasteiger partial charge on any atom is -0.392 e. The zero-order chi connectivity index (χ0) is 12.3. The fourth-order valence-electron chi connectivity index (χ4n) is 2.81. The van der Waals surface area contributed by atoms with Gasteiger partial charge in [-0.2, -0.15) is 0 Å². The van der Waals surface area contributed by atoms with Crippen molar-refractivity contribution >= 4 is 0 Å². The standard InChI is InChI=1S/C14H20FNO/c15-12-6-4-11(5-7-12)9-14(10-16)8-2-1-3-13(14)17/h4-7,13,17H,1-3,8-10,16H2. The quantitative estimate of drug-likeness (QED) is 0.847. The van der Waals surface area contributed by atoms with E-state index < -0.39 is 0 Å². The summed E-state index contributed by atoms with van der Waals surface area (Å²) in [6.45, 7) is 0.492. The number of rotatable bonds is 3. The predicted octanol–water partition coefficient (Wildman–Crippen LogP) is 2.25. The molecule has 1 aliphatic carbocycles. The van der Waals surface area contributed by atoms with E-state index >= 15 is 0 Å². The van der Waals surface area contributed by atoms with Gasteiger partial charge in [0, 0.05) is 12.0 Å². The molecular formula is C14H20FNO. The molecule has 1 aromatic rings. The van der Waals surface area contributed by atoms with Crippen molar-refractivity contribution in [3.05, 3.63) is 35.6 Å². The number of halogens is 1. The fourth-order valence-corrected chi connectivity index (χ4v) is 2.81. The summed E-state index contributed by atoms with van der Waals surface area (Å²) in [4.78, 5) is 0. The van der Waals surface area contributed by atoms with Crippen LogP contribution < -0.4 is 5.73 Å². The van der Waals surface area contributed by atoms with Crippen LogP contribution in [0.4, 0.5) is 4.39 Å². The molecule has 2 nitrogen and oxygen atoms in total. The lowest BCUT2D eigenvalue weighted by molar-refractivity contribution is -0.00585. The van der Waals surface area contributed by atoms with Gasteiger partial charge in [-0.1, -0.05) is 25.0 Å². The third-order valence-corrected chi connectivity index (χ3v) is 3.99. The molecule has 0 saturated heterocycles. The Balaban J connectivity index is 2.15. The Hall–Kier alpha value is -0.930. The summed E-state index contributed by atoms with van der Waals surface area (Å²) >= 11 is 0. The van der Waals surface area contributed by atoms with Crippen molar-refractivity contribution in [2.75, 3.05) is 6.54 Å². The molecule has 2 rings (SSSR count). The molecule has 94 valence electrons. The van der Waals surface area contributed by atoms with Crippen molar-refractivity contribution in [2.24, 2.45) is 11.1 Å². The van der Waals surface area contributed by atoms with Crippen LogP contribution >= 0.6 is 0 Å². The summed E-state index contributed by atoms with van der Waals surface area (Å²) in [6, 6.07) is 6.51. The first-order valence-electron chi connectivity index (χ1n) is 6.29. The minimum absolute atomic E-state index is 0.212. The van der Waals surface area contributed by atoms with Gasteiger partial charge in [0.2, 0.25) is 0 Å². The molecule has 0 spiro atoms. The number of nitrogens with two attached hydrogens (primary N) is 1. The van der Waals surface area contributed by atoms with Crippen LogP contribution in [0.3, 0.4) is 0 Å². The van der Waals surface area contributed by atoms with Gasteiger partial charge >= 0.3 is 0 Å². The number of aliphatic hydroxyl groups is 1. The zero-order valence-electron chi connectivity index (χ0n) is 10.0. The van der Waals surface area contributed by atoms with E-state index in [0.717, 1.165) is 37.7 Å². The molecule has 3 N–H and O–H groups in total. The largest absolute Gasteiger partial charge is 0.392 e. The molecule has 1 fully saturated rings. The summed E-state index contributed by atoms with van der Waals surface area (Å²) in [5.41, 5.74) is 6.71. The second kappa shape index (κ2) is 5.15. The Morgan fingerprint density at radius 1 is 1.29 bits per heavy atom. The highest BCUT2D eigenvalue weighted by molar-refractivity contribution is 5.18. The number of hydrogen-bond acceptors (Lipinski definition) is 2. The molecule has 0 heterocycles. The summed E-state index contributed by atoms with van der Waals surface area (Å²) in [5, 5.41) is 10.2. The van der Waals surface area contributed by atoms with Crippen molar-refractivity contribution in [3.63, 3.8) is 0 Å². The lowest BCUT2D eigenvalue weighted by Crippen LogP contribution is -2.45. The molecule has 17 heavy (non-hydrogen) atoms. The number of benzene rings is 1. The van der Waals surface area contributed by atoms with Crippen LogP contribution in [0.1, 0.15) is 31.2 Å². The van der Waals surface area contributed by atoms with Crippen LogP contribution in [0.5, 0.6) is 0 Å². The summed E-state index contributed by atoms with van der Waals surface area (Å²) in [5.74, 6) is -0.222. The van der Waals surface area contributed by atoms with Gasteiger partial charge in [0.15, 0.2) is 0 Å². The maximum atomic E-state index is 12.8. The molecule has 0 aromatic heterocycles. The molecule has 0 aliphatic heterocycles. The van der Waals surface area contributed by atoms with Gasteiger partial charge in [0.1, 0.15) is 5.82 Å². The van der Waals surface area contributed by atoms with E-state index in [1.54, 1.807) is 12.1 Å². The second-order valence-corrected chi connectivity index (χ2v) is 5.13. The molecule has 1 saturated carbocycles. The van der Waals surface area contributed by atoms with E-state index in [-0.39, 0.29) is 17.3 Å². The van der Waals surface area contributed by atoms with Crippen LogP contribution in [-0.4, -0.2) is 17.8 Å². The topological polar surface area (TPSA) is 46.2 Å². The van der Waals surface area contributed by atoms with Gasteiger partial charge in [0.25, 0.3) is 0 Å². The maximum absolute atomic E-state index is 12.8. The van der Waals surface area contributed by atoms with Gasteiger partial charge in [-0.05, 0) is 37.0 Å². The Kier molecular flexibility index (Phi) is 3.79. The molecule has 0 bridgehead atoms. The lowest BCUT2D eigenvalue weighted by atomic mass is 9.68. The first-order chi connectivity index (χ1) is 8.16. The Labute approximate surface area is 102 Å². The molecule has 0 radical (unpaired) electrons. The van der Waals surface area contributed by atoms with E-state index in [1.165, 1.54) is 12.1 Å². The van der Waals surface area contributed by atoms with Gasteiger partial charge in [-0.15, -0.1) is 0 Å². The van der Waals surface area contributed by atoms with E-state index in [1.807, 2.05) is 0 Å². The molecule has 1 aliphatic rings. The highest BCUT2D eigenvalue weighted by Crippen LogP contribution is 2.38. The van der Waals surface area contributed by atoms with Crippen molar-refractivity contribution in [3.8, 4) is 0 Å². The summed E-state index contributed by atoms with van der Waals surface area (Å²) in [6.07, 6.45) is 4.40. The minimum atomic E-state index is -0.327. The van der Waals surface area contributed by atoms with Crippen molar-refractivity contribution in [1.82, 2.24) is 0 Å². The van der Waals surface area contributed by atoms with Crippen molar-refractivity contribution < 1.29 is 9.50 Å². The third-order valence-electron chi connectivity index (χ3n) is 3.99. The molecule has 3 heteroatoms. The van der Waals surface area contributed by atoms with E-state index in [2.05, 4.69) is 0 Å². The van der Waals surface area contributed by atoms with Crippen LogP contribution in [0.2, 0.25) is 0 Å². The number of hydrogen-bond donors (Lipinski definition) is 2. The highest BCUT2D eigenvalue weighted by Gasteiger charge is 2.38. The van der Waals surface area contributed by atoms with Crippen LogP contribution in [0.25, 0.3) is 0 Å². The van der Waals surface area contributed by atoms with E-state index in [9.17, 15) is 9.50 Å². The second-order valence-electron chi connectivity index (χ2n) is 5.13. The van der Waals surface area contributed by atoms with Crippen LogP contribution in [-0.2, 0) is 6.42 Å². The smallest absolute Gasteiger partial charge is 0.123 e. The van der Waals surface area contributed by atoms with Crippen molar-refractivity contribution in [2.45, 2.75) is 38.2 Å². The monoisotopic (exact) mass is 237 g/mol. The maximum Gasteiger partial charge on any atom is 0.123 e. The first kappa shape index (κ1) is 12.5. The molecule has 2 atom stereocenters. The third kappa shape index (κ3) is 2.67. The first-order valence-corrected chi connectivity index (χ1v) is 6.29. The fraction of sp³-hybridized carbons (Fsp3) is 0.571. The molecular weight excluding hydrogens is 217 g/mol. The average molecular weight is 237 g/mol. The molecule has 2 unspecified atom stereocenters. The van der Waals surface area contributed by atoms with Gasteiger partial charge in [0.05, 0.1) is 6.10 Å². The van der Waals surface area contributed by atoms with Gasteiger partial charge < -0.3 is 10.8 Å². The SMILES string of the molecule is NCC1(Cc2ccc(F)cc2)CCCCC1O. The summed E-state index contributed by atoms with van der Waals surface area (Å²) in [7, 11) is 0. The van der Waals surface area contributed by atoms with Crippen LogP contribution in [0.15, 0.2) is 24.3 Å². The number of aliphatic hydroxyl groups excluding tert-OH is 1. The Morgan fingerprint density at radius 3 is 2.59 bits per heavy atom. The lowest BCUT2D eigenvalue weighted by Gasteiger charge is -2.41. The van der Waals surface area contributed by atoms with Crippen LogP contribution in [0, 0.1) is 11.2 Å². The van der Waals surface area contributed by atoms with Crippen molar-refractivity contribution in [1.29, 1.82) is 0 Å². The average Bonchev–Trinajstić information content (AvgIpc) is 2.35. The normalized spacial score (nSPS) is 29.2. The predicted molar refractivity (Wildman–Crippen MR) is 66.1 cm³/mol. The molecule has 0 amide bonds. The Morgan fingerprint density at radius 2 is 2.00 bits per heavy atom. The van der Waals surface area contributed by atoms with Gasteiger partial charge in [-0.3, -0.25) is 0 Å². The summed E-state index contributed by atoms with van der Waals surface area (Å²) < 4.78 is 12.8. The van der Waals surface area contributed by atoms with E-state index in [4.69, 9.17) is 5.73 Å². The van der Waals surface area contributed by atoms with Gasteiger partial charge in [-0.25, -0.2) is 4.39 Å². The van der Waals surface area contributed by atoms with E-state index in [0.29, 0.717) is 6.54 Å². The Bertz CT molecular complexity index is 365.